The molecule has 1 rings (SSSR count). The molecule has 0 heterocycles. The van der Waals surface area contributed by atoms with Crippen molar-refractivity contribution in [3.63, 3.8) is 0 Å². The summed E-state index contributed by atoms with van der Waals surface area (Å²) in [4.78, 5) is 12.0. The molecule has 0 aromatic heterocycles. The van der Waals surface area contributed by atoms with E-state index in [-0.39, 0.29) is 11.2 Å². The first-order valence-corrected chi connectivity index (χ1v) is 6.48. The molecule has 0 fully saturated rings. The van der Waals surface area contributed by atoms with Gasteiger partial charge in [-0.05, 0) is 16.9 Å². The van der Waals surface area contributed by atoms with E-state index in [9.17, 15) is 4.79 Å². The van der Waals surface area contributed by atoms with E-state index in [2.05, 4.69) is 46.8 Å². The number of benzene rings is 1. The number of Topliss-reactive ketones (excluding diaryl/α,β-unsaturated/α-hetero) is 1. The van der Waals surface area contributed by atoms with Gasteiger partial charge in [0.05, 0.1) is 0 Å². The minimum absolute atomic E-state index is 0.151. The second-order valence-electron chi connectivity index (χ2n) is 5.97. The Bertz CT molecular complexity index is 368. The van der Waals surface area contributed by atoms with E-state index >= 15 is 0 Å². The number of carbonyl (C=O) groups is 1. The van der Waals surface area contributed by atoms with Gasteiger partial charge in [-0.15, -0.1) is 0 Å². The Morgan fingerprint density at radius 2 is 1.71 bits per heavy atom. The van der Waals surface area contributed by atoms with Gasteiger partial charge in [0.15, 0.2) is 5.78 Å². The summed E-state index contributed by atoms with van der Waals surface area (Å²) in [6, 6.07) is 8.07. The van der Waals surface area contributed by atoms with Crippen LogP contribution >= 0.6 is 0 Å². The highest BCUT2D eigenvalue weighted by atomic mass is 16.1. The van der Waals surface area contributed by atoms with Crippen molar-refractivity contribution in [2.75, 3.05) is 0 Å². The Hall–Kier alpha value is -1.11. The van der Waals surface area contributed by atoms with Crippen LogP contribution in [0.25, 0.3) is 0 Å². The van der Waals surface area contributed by atoms with E-state index < -0.39 is 0 Å². The van der Waals surface area contributed by atoms with Crippen LogP contribution in [0.15, 0.2) is 24.3 Å². The lowest BCUT2D eigenvalue weighted by Crippen LogP contribution is -2.11. The number of rotatable bonds is 4. The maximum Gasteiger partial charge on any atom is 0.163 e. The molecule has 0 bridgehead atoms. The lowest BCUT2D eigenvalue weighted by molar-refractivity contribution is 0.0963. The SMILES string of the molecule is CCC(C)CC(=O)c1ccc(C(C)(C)C)cc1. The third kappa shape index (κ3) is 3.99. The molecule has 94 valence electrons. The van der Waals surface area contributed by atoms with Crippen molar-refractivity contribution in [2.24, 2.45) is 5.92 Å². The molecule has 0 amide bonds. The van der Waals surface area contributed by atoms with E-state index in [4.69, 9.17) is 0 Å². The minimum Gasteiger partial charge on any atom is -0.294 e. The molecule has 1 aromatic rings. The van der Waals surface area contributed by atoms with Gasteiger partial charge in [0, 0.05) is 12.0 Å². The van der Waals surface area contributed by atoms with E-state index in [1.54, 1.807) is 0 Å². The number of hydrogen-bond acceptors (Lipinski definition) is 1. The summed E-state index contributed by atoms with van der Waals surface area (Å²) in [5, 5.41) is 0. The quantitative estimate of drug-likeness (QED) is 0.693. The van der Waals surface area contributed by atoms with E-state index in [0.717, 1.165) is 12.0 Å². The van der Waals surface area contributed by atoms with Crippen LogP contribution < -0.4 is 0 Å². The zero-order valence-corrected chi connectivity index (χ0v) is 11.7. The van der Waals surface area contributed by atoms with Crippen molar-refractivity contribution in [3.05, 3.63) is 35.4 Å². The van der Waals surface area contributed by atoms with Crippen molar-refractivity contribution in [1.82, 2.24) is 0 Å². The summed E-state index contributed by atoms with van der Waals surface area (Å²) in [7, 11) is 0. The predicted octanol–water partition coefficient (Wildman–Crippen LogP) is 4.60. The Morgan fingerprint density at radius 1 is 1.18 bits per heavy atom. The summed E-state index contributed by atoms with van der Waals surface area (Å²) in [6.07, 6.45) is 1.72. The van der Waals surface area contributed by atoms with Gasteiger partial charge >= 0.3 is 0 Å². The molecule has 0 aliphatic heterocycles. The van der Waals surface area contributed by atoms with Gasteiger partial charge < -0.3 is 0 Å². The Kier molecular flexibility index (Phi) is 4.50. The Morgan fingerprint density at radius 3 is 2.12 bits per heavy atom. The lowest BCUT2D eigenvalue weighted by Gasteiger charge is -2.19. The van der Waals surface area contributed by atoms with E-state index in [1.807, 2.05) is 12.1 Å². The first kappa shape index (κ1) is 14.0. The average molecular weight is 232 g/mol. The zero-order chi connectivity index (χ0) is 13.1. The molecule has 0 spiro atoms. The van der Waals surface area contributed by atoms with Crippen LogP contribution in [0.5, 0.6) is 0 Å². The number of hydrogen-bond donors (Lipinski definition) is 0. The lowest BCUT2D eigenvalue weighted by atomic mass is 9.86. The minimum atomic E-state index is 0.151. The fraction of sp³-hybridized carbons (Fsp3) is 0.562. The fourth-order valence-corrected chi connectivity index (χ4v) is 1.73. The second kappa shape index (κ2) is 5.48. The highest BCUT2D eigenvalue weighted by molar-refractivity contribution is 5.96. The smallest absolute Gasteiger partial charge is 0.163 e. The molecule has 17 heavy (non-hydrogen) atoms. The molecule has 0 radical (unpaired) electrons. The standard InChI is InChI=1S/C16H24O/c1-6-12(2)11-15(17)13-7-9-14(10-8-13)16(3,4)5/h7-10,12H,6,11H2,1-5H3. The normalized spacial score (nSPS) is 13.5. The summed E-state index contributed by atoms with van der Waals surface area (Å²) >= 11 is 0. The Labute approximate surface area is 105 Å². The number of ketones is 1. The van der Waals surface area contributed by atoms with Crippen molar-refractivity contribution in [3.8, 4) is 0 Å². The van der Waals surface area contributed by atoms with Crippen LogP contribution in [-0.2, 0) is 5.41 Å². The fourth-order valence-electron chi connectivity index (χ4n) is 1.73. The molecule has 1 aromatic carbocycles. The van der Waals surface area contributed by atoms with Crippen LogP contribution in [0, 0.1) is 5.92 Å². The molecule has 1 atom stereocenters. The van der Waals surface area contributed by atoms with Crippen LogP contribution in [0.2, 0.25) is 0 Å². The third-order valence-electron chi connectivity index (χ3n) is 3.30. The van der Waals surface area contributed by atoms with Crippen LogP contribution in [-0.4, -0.2) is 5.78 Å². The largest absolute Gasteiger partial charge is 0.294 e. The maximum atomic E-state index is 12.0. The molecular weight excluding hydrogens is 208 g/mol. The highest BCUT2D eigenvalue weighted by Crippen LogP contribution is 2.23. The first-order valence-electron chi connectivity index (χ1n) is 6.48. The maximum absolute atomic E-state index is 12.0. The summed E-state index contributed by atoms with van der Waals surface area (Å²) in [6.45, 7) is 10.8. The third-order valence-corrected chi connectivity index (χ3v) is 3.30. The van der Waals surface area contributed by atoms with Gasteiger partial charge in [0.1, 0.15) is 0 Å². The van der Waals surface area contributed by atoms with Gasteiger partial charge in [0.25, 0.3) is 0 Å². The monoisotopic (exact) mass is 232 g/mol. The van der Waals surface area contributed by atoms with E-state index in [1.165, 1.54) is 5.56 Å². The average Bonchev–Trinajstić information content (AvgIpc) is 2.27. The van der Waals surface area contributed by atoms with Crippen LogP contribution in [0.1, 0.15) is 63.4 Å². The van der Waals surface area contributed by atoms with Gasteiger partial charge in [-0.3, -0.25) is 4.79 Å². The van der Waals surface area contributed by atoms with E-state index in [0.29, 0.717) is 12.3 Å². The summed E-state index contributed by atoms with van der Waals surface area (Å²) < 4.78 is 0. The van der Waals surface area contributed by atoms with Gasteiger partial charge in [-0.1, -0.05) is 65.3 Å². The Balaban J connectivity index is 2.78. The summed E-state index contributed by atoms with van der Waals surface area (Å²) in [5.41, 5.74) is 2.27. The van der Waals surface area contributed by atoms with Crippen LogP contribution in [0.3, 0.4) is 0 Å². The zero-order valence-electron chi connectivity index (χ0n) is 11.7. The van der Waals surface area contributed by atoms with Gasteiger partial charge in [0.2, 0.25) is 0 Å². The van der Waals surface area contributed by atoms with Gasteiger partial charge in [-0.2, -0.15) is 0 Å². The second-order valence-corrected chi connectivity index (χ2v) is 5.97. The molecule has 0 aliphatic carbocycles. The predicted molar refractivity (Wildman–Crippen MR) is 73.5 cm³/mol. The van der Waals surface area contributed by atoms with Crippen molar-refractivity contribution < 1.29 is 4.79 Å². The van der Waals surface area contributed by atoms with Crippen molar-refractivity contribution >= 4 is 5.78 Å². The molecule has 1 unspecified atom stereocenters. The number of carbonyl (C=O) groups excluding carboxylic acids is 1. The van der Waals surface area contributed by atoms with Crippen LogP contribution in [0.4, 0.5) is 0 Å². The molecule has 0 aliphatic rings. The molecule has 1 nitrogen and oxygen atoms in total. The molecule has 0 N–H and O–H groups in total. The molecular formula is C16H24O. The molecule has 0 saturated heterocycles. The van der Waals surface area contributed by atoms with Gasteiger partial charge in [-0.25, -0.2) is 0 Å². The van der Waals surface area contributed by atoms with Crippen molar-refractivity contribution in [1.29, 1.82) is 0 Å². The topological polar surface area (TPSA) is 17.1 Å². The highest BCUT2D eigenvalue weighted by Gasteiger charge is 2.15. The first-order chi connectivity index (χ1) is 7.84. The summed E-state index contributed by atoms with van der Waals surface area (Å²) in [5.74, 6) is 0.740. The molecule has 0 saturated carbocycles. The van der Waals surface area contributed by atoms with Crippen molar-refractivity contribution in [2.45, 2.75) is 52.9 Å². The molecule has 1 heteroatoms.